The van der Waals surface area contributed by atoms with E-state index >= 15 is 0 Å². The number of rotatable bonds is 5. The Morgan fingerprint density at radius 1 is 1.00 bits per heavy atom. The maximum atomic E-state index is 10.3. The molecule has 0 radical (unpaired) electrons. The van der Waals surface area contributed by atoms with Gasteiger partial charge in [0.05, 0.1) is 6.10 Å². The summed E-state index contributed by atoms with van der Waals surface area (Å²) >= 11 is 0. The minimum atomic E-state index is -0.408. The first-order valence-corrected chi connectivity index (χ1v) is 6.63. The molecule has 1 N–H and O–H groups in total. The van der Waals surface area contributed by atoms with E-state index in [1.807, 2.05) is 18.2 Å². The Kier molecular flexibility index (Phi) is 4.34. The Labute approximate surface area is 109 Å². The lowest BCUT2D eigenvalue weighted by Gasteiger charge is -2.22. The van der Waals surface area contributed by atoms with E-state index < -0.39 is 6.10 Å². The van der Waals surface area contributed by atoms with E-state index in [1.165, 1.54) is 10.8 Å². The van der Waals surface area contributed by atoms with E-state index in [9.17, 15) is 5.11 Å². The molecule has 0 saturated heterocycles. The third kappa shape index (κ3) is 2.89. The molecule has 2 nitrogen and oxygen atoms in total. The van der Waals surface area contributed by atoms with Gasteiger partial charge in [-0.3, -0.25) is 0 Å². The van der Waals surface area contributed by atoms with Gasteiger partial charge in [0, 0.05) is 6.54 Å². The SMILES string of the molecule is CCN(CC)C[C@@H](O)c1ccc2ccccc2c1. The van der Waals surface area contributed by atoms with Crippen LogP contribution in [-0.4, -0.2) is 29.6 Å². The molecule has 0 spiro atoms. The smallest absolute Gasteiger partial charge is 0.0917 e. The van der Waals surface area contributed by atoms with Crippen molar-refractivity contribution in [3.05, 3.63) is 48.0 Å². The van der Waals surface area contributed by atoms with E-state index in [0.717, 1.165) is 18.7 Å². The van der Waals surface area contributed by atoms with Crippen LogP contribution in [0, 0.1) is 0 Å². The van der Waals surface area contributed by atoms with Gasteiger partial charge >= 0.3 is 0 Å². The lowest BCUT2D eigenvalue weighted by atomic mass is 10.0. The number of aliphatic hydroxyl groups excluding tert-OH is 1. The summed E-state index contributed by atoms with van der Waals surface area (Å²) < 4.78 is 0. The number of likely N-dealkylation sites (N-methyl/N-ethyl adjacent to an activating group) is 1. The molecular weight excluding hydrogens is 222 g/mol. The molecule has 0 unspecified atom stereocenters. The molecule has 2 aromatic carbocycles. The highest BCUT2D eigenvalue weighted by Crippen LogP contribution is 2.21. The zero-order valence-electron chi connectivity index (χ0n) is 11.1. The van der Waals surface area contributed by atoms with Crippen molar-refractivity contribution in [2.75, 3.05) is 19.6 Å². The highest BCUT2D eigenvalue weighted by Gasteiger charge is 2.11. The Balaban J connectivity index is 2.19. The van der Waals surface area contributed by atoms with Crippen molar-refractivity contribution in [1.82, 2.24) is 4.90 Å². The van der Waals surface area contributed by atoms with Crippen LogP contribution < -0.4 is 0 Å². The molecule has 0 fully saturated rings. The summed E-state index contributed by atoms with van der Waals surface area (Å²) in [5, 5.41) is 12.7. The second-order valence-electron chi connectivity index (χ2n) is 4.61. The van der Waals surface area contributed by atoms with Crippen molar-refractivity contribution in [3.8, 4) is 0 Å². The zero-order chi connectivity index (χ0) is 13.0. The van der Waals surface area contributed by atoms with Gasteiger partial charge in [-0.05, 0) is 35.5 Å². The molecule has 0 aliphatic rings. The van der Waals surface area contributed by atoms with Crippen LogP contribution in [0.3, 0.4) is 0 Å². The largest absolute Gasteiger partial charge is 0.387 e. The van der Waals surface area contributed by atoms with Crippen molar-refractivity contribution in [2.45, 2.75) is 20.0 Å². The van der Waals surface area contributed by atoms with Crippen LogP contribution in [0.2, 0.25) is 0 Å². The first-order valence-electron chi connectivity index (χ1n) is 6.63. The van der Waals surface area contributed by atoms with Gasteiger partial charge in [0.2, 0.25) is 0 Å². The fourth-order valence-corrected chi connectivity index (χ4v) is 2.25. The van der Waals surface area contributed by atoms with Crippen LogP contribution in [0.15, 0.2) is 42.5 Å². The first kappa shape index (κ1) is 13.1. The fraction of sp³-hybridized carbons (Fsp3) is 0.375. The van der Waals surface area contributed by atoms with Gasteiger partial charge in [0.1, 0.15) is 0 Å². The monoisotopic (exact) mass is 243 g/mol. The third-order valence-corrected chi connectivity index (χ3v) is 3.48. The van der Waals surface area contributed by atoms with Gasteiger partial charge in [0.25, 0.3) is 0 Å². The third-order valence-electron chi connectivity index (χ3n) is 3.48. The second kappa shape index (κ2) is 5.98. The molecule has 1 atom stereocenters. The molecule has 2 rings (SSSR count). The number of benzene rings is 2. The van der Waals surface area contributed by atoms with E-state index in [4.69, 9.17) is 0 Å². The van der Waals surface area contributed by atoms with Crippen LogP contribution >= 0.6 is 0 Å². The van der Waals surface area contributed by atoms with Gasteiger partial charge < -0.3 is 10.0 Å². The van der Waals surface area contributed by atoms with Crippen LogP contribution in [-0.2, 0) is 0 Å². The van der Waals surface area contributed by atoms with Crippen molar-refractivity contribution in [1.29, 1.82) is 0 Å². The first-order chi connectivity index (χ1) is 8.74. The molecule has 0 aliphatic heterocycles. The predicted molar refractivity (Wildman–Crippen MR) is 76.7 cm³/mol. The maximum absolute atomic E-state index is 10.3. The molecule has 96 valence electrons. The average molecular weight is 243 g/mol. The van der Waals surface area contributed by atoms with Crippen molar-refractivity contribution < 1.29 is 5.11 Å². The minimum Gasteiger partial charge on any atom is -0.387 e. The number of nitrogens with zero attached hydrogens (tertiary/aromatic N) is 1. The molecule has 0 aliphatic carbocycles. The van der Waals surface area contributed by atoms with E-state index in [0.29, 0.717) is 6.54 Å². The van der Waals surface area contributed by atoms with Crippen molar-refractivity contribution >= 4 is 10.8 Å². The molecule has 0 heterocycles. The lowest BCUT2D eigenvalue weighted by molar-refractivity contribution is 0.119. The highest BCUT2D eigenvalue weighted by atomic mass is 16.3. The Bertz CT molecular complexity index is 505. The zero-order valence-corrected chi connectivity index (χ0v) is 11.1. The Hall–Kier alpha value is -1.38. The fourth-order valence-electron chi connectivity index (χ4n) is 2.25. The Morgan fingerprint density at radius 3 is 2.33 bits per heavy atom. The topological polar surface area (TPSA) is 23.5 Å². The van der Waals surface area contributed by atoms with E-state index in [1.54, 1.807) is 0 Å². The van der Waals surface area contributed by atoms with E-state index in [2.05, 4.69) is 43.0 Å². The summed E-state index contributed by atoms with van der Waals surface area (Å²) in [6, 6.07) is 14.4. The summed E-state index contributed by atoms with van der Waals surface area (Å²) in [4.78, 5) is 2.24. The van der Waals surface area contributed by atoms with Crippen molar-refractivity contribution in [2.24, 2.45) is 0 Å². The number of hydrogen-bond acceptors (Lipinski definition) is 2. The van der Waals surface area contributed by atoms with E-state index in [-0.39, 0.29) is 0 Å². The number of aliphatic hydroxyl groups is 1. The molecule has 0 bridgehead atoms. The summed E-state index contributed by atoms with van der Waals surface area (Å²) in [5.74, 6) is 0. The van der Waals surface area contributed by atoms with Gasteiger partial charge in [0.15, 0.2) is 0 Å². The molecule has 2 heteroatoms. The normalized spacial score (nSPS) is 13.1. The standard InChI is InChI=1S/C16H21NO/c1-3-17(4-2)12-16(18)15-10-9-13-7-5-6-8-14(13)11-15/h5-11,16,18H,3-4,12H2,1-2H3/t16-/m1/s1. The minimum absolute atomic E-state index is 0.408. The van der Waals surface area contributed by atoms with Crippen molar-refractivity contribution in [3.63, 3.8) is 0 Å². The Morgan fingerprint density at radius 2 is 1.67 bits per heavy atom. The lowest BCUT2D eigenvalue weighted by Crippen LogP contribution is -2.28. The molecular formula is C16H21NO. The quantitative estimate of drug-likeness (QED) is 0.871. The summed E-state index contributed by atoms with van der Waals surface area (Å²) in [6.07, 6.45) is -0.408. The number of hydrogen-bond donors (Lipinski definition) is 1. The van der Waals surface area contributed by atoms with Crippen LogP contribution in [0.4, 0.5) is 0 Å². The summed E-state index contributed by atoms with van der Waals surface area (Å²) in [5.41, 5.74) is 1.00. The van der Waals surface area contributed by atoms with Crippen LogP contribution in [0.1, 0.15) is 25.5 Å². The second-order valence-corrected chi connectivity index (χ2v) is 4.61. The van der Waals surface area contributed by atoms with Crippen LogP contribution in [0.5, 0.6) is 0 Å². The summed E-state index contributed by atoms with van der Waals surface area (Å²) in [7, 11) is 0. The molecule has 2 aromatic rings. The van der Waals surface area contributed by atoms with Gasteiger partial charge in [-0.2, -0.15) is 0 Å². The maximum Gasteiger partial charge on any atom is 0.0917 e. The number of fused-ring (bicyclic) bond motifs is 1. The predicted octanol–water partition coefficient (Wildman–Crippen LogP) is 3.22. The highest BCUT2D eigenvalue weighted by molar-refractivity contribution is 5.83. The molecule has 0 saturated carbocycles. The molecule has 0 amide bonds. The van der Waals surface area contributed by atoms with Crippen LogP contribution in [0.25, 0.3) is 10.8 Å². The molecule has 18 heavy (non-hydrogen) atoms. The van der Waals surface area contributed by atoms with Gasteiger partial charge in [-0.25, -0.2) is 0 Å². The molecule has 0 aromatic heterocycles. The van der Waals surface area contributed by atoms with Gasteiger partial charge in [-0.15, -0.1) is 0 Å². The van der Waals surface area contributed by atoms with Gasteiger partial charge in [-0.1, -0.05) is 50.2 Å². The summed E-state index contributed by atoms with van der Waals surface area (Å²) in [6.45, 7) is 6.89. The average Bonchev–Trinajstić information content (AvgIpc) is 2.44.